The summed E-state index contributed by atoms with van der Waals surface area (Å²) in [6.45, 7) is 3.17. The zero-order chi connectivity index (χ0) is 14.4. The van der Waals surface area contributed by atoms with E-state index >= 15 is 0 Å². The first-order chi connectivity index (χ1) is 10.2. The molecule has 3 saturated heterocycles. The number of nitrogens with one attached hydrogen (secondary N) is 2. The number of halogens is 1. The molecular weight excluding hydrogens is 271 g/mol. The number of carbonyl (C=O) groups is 1. The minimum atomic E-state index is -0.360. The van der Waals surface area contributed by atoms with Crippen molar-refractivity contribution in [2.45, 2.75) is 18.9 Å². The summed E-state index contributed by atoms with van der Waals surface area (Å²) in [5, 5.41) is 10.4. The first-order valence-electron chi connectivity index (χ1n) is 7.37. The number of amides is 1. The number of benzene rings is 1. The zero-order valence-electron chi connectivity index (χ0n) is 11.6. The number of hydrogen-bond donors (Lipinski definition) is 2. The van der Waals surface area contributed by atoms with E-state index in [1.807, 2.05) is 0 Å². The zero-order valence-corrected chi connectivity index (χ0v) is 11.6. The second-order valence-corrected chi connectivity index (χ2v) is 5.98. The van der Waals surface area contributed by atoms with E-state index in [0.29, 0.717) is 16.8 Å². The predicted octanol–water partition coefficient (Wildman–Crippen LogP) is 1.53. The van der Waals surface area contributed by atoms with Gasteiger partial charge in [-0.15, -0.1) is 0 Å². The van der Waals surface area contributed by atoms with Crippen LogP contribution in [0.5, 0.6) is 0 Å². The molecule has 2 N–H and O–H groups in total. The van der Waals surface area contributed by atoms with Gasteiger partial charge in [-0.05, 0) is 50.0 Å². The number of hydrogen-bond acceptors (Lipinski definition) is 3. The molecule has 0 radical (unpaired) electrons. The Morgan fingerprint density at radius 1 is 1.38 bits per heavy atom. The van der Waals surface area contributed by atoms with Crippen LogP contribution in [0.3, 0.4) is 0 Å². The quantitative estimate of drug-likeness (QED) is 0.881. The Morgan fingerprint density at radius 2 is 2.19 bits per heavy atom. The van der Waals surface area contributed by atoms with Crippen LogP contribution in [-0.2, 0) is 0 Å². The lowest BCUT2D eigenvalue weighted by Crippen LogP contribution is -2.57. The van der Waals surface area contributed by atoms with Crippen LogP contribution < -0.4 is 5.32 Å². The molecule has 0 aliphatic carbocycles. The molecule has 1 aromatic heterocycles. The number of aromatic nitrogens is 2. The van der Waals surface area contributed by atoms with Gasteiger partial charge in [-0.1, -0.05) is 0 Å². The van der Waals surface area contributed by atoms with Crippen molar-refractivity contribution in [3.63, 3.8) is 0 Å². The fourth-order valence-corrected chi connectivity index (χ4v) is 3.52. The molecule has 3 aliphatic heterocycles. The van der Waals surface area contributed by atoms with E-state index in [0.717, 1.165) is 32.5 Å². The van der Waals surface area contributed by atoms with Crippen molar-refractivity contribution in [1.29, 1.82) is 0 Å². The SMILES string of the molecule is O=C(NC1CN2CCC1CC2)c1n[nH]c2ccc(F)cc12. The fraction of sp³-hybridized carbons (Fsp3) is 0.467. The first-order valence-corrected chi connectivity index (χ1v) is 7.37. The maximum atomic E-state index is 13.4. The summed E-state index contributed by atoms with van der Waals surface area (Å²) in [5.74, 6) is -0.0210. The van der Waals surface area contributed by atoms with Crippen molar-refractivity contribution < 1.29 is 9.18 Å². The van der Waals surface area contributed by atoms with E-state index in [4.69, 9.17) is 0 Å². The molecule has 2 bridgehead atoms. The normalized spacial score (nSPS) is 28.0. The molecule has 4 heterocycles. The van der Waals surface area contributed by atoms with Crippen LogP contribution in [0.25, 0.3) is 10.9 Å². The number of piperidine rings is 3. The lowest BCUT2D eigenvalue weighted by molar-refractivity contribution is 0.0618. The summed E-state index contributed by atoms with van der Waals surface area (Å²) in [6.07, 6.45) is 2.28. The second-order valence-electron chi connectivity index (χ2n) is 5.98. The van der Waals surface area contributed by atoms with Gasteiger partial charge in [0.25, 0.3) is 5.91 Å². The molecule has 3 fully saturated rings. The van der Waals surface area contributed by atoms with Gasteiger partial charge >= 0.3 is 0 Å². The van der Waals surface area contributed by atoms with Crippen LogP contribution in [-0.4, -0.2) is 46.7 Å². The van der Waals surface area contributed by atoms with Crippen molar-refractivity contribution in [3.8, 4) is 0 Å². The summed E-state index contributed by atoms with van der Waals surface area (Å²) in [5.41, 5.74) is 0.955. The van der Waals surface area contributed by atoms with Crippen LogP contribution in [0, 0.1) is 11.7 Å². The number of nitrogens with zero attached hydrogens (tertiary/aromatic N) is 2. The van der Waals surface area contributed by atoms with Crippen LogP contribution in [0.2, 0.25) is 0 Å². The molecule has 0 spiro atoms. The molecule has 21 heavy (non-hydrogen) atoms. The number of aromatic amines is 1. The van der Waals surface area contributed by atoms with Gasteiger partial charge in [0.15, 0.2) is 5.69 Å². The Bertz CT molecular complexity index is 690. The highest BCUT2D eigenvalue weighted by Crippen LogP contribution is 2.28. The Morgan fingerprint density at radius 3 is 2.90 bits per heavy atom. The largest absolute Gasteiger partial charge is 0.346 e. The maximum Gasteiger partial charge on any atom is 0.272 e. The highest BCUT2D eigenvalue weighted by molar-refractivity contribution is 6.04. The lowest BCUT2D eigenvalue weighted by Gasteiger charge is -2.44. The molecule has 5 rings (SSSR count). The Hall–Kier alpha value is -1.95. The van der Waals surface area contributed by atoms with E-state index < -0.39 is 0 Å². The molecule has 1 amide bonds. The van der Waals surface area contributed by atoms with Gasteiger partial charge in [-0.25, -0.2) is 4.39 Å². The van der Waals surface area contributed by atoms with Gasteiger partial charge in [0.05, 0.1) is 5.52 Å². The van der Waals surface area contributed by atoms with Crippen LogP contribution in [0.15, 0.2) is 18.2 Å². The van der Waals surface area contributed by atoms with Crippen molar-refractivity contribution in [2.24, 2.45) is 5.92 Å². The highest BCUT2D eigenvalue weighted by atomic mass is 19.1. The number of fused-ring (bicyclic) bond motifs is 4. The molecule has 1 atom stereocenters. The molecule has 1 unspecified atom stereocenters. The third-order valence-electron chi connectivity index (χ3n) is 4.71. The molecule has 3 aliphatic rings. The smallest absolute Gasteiger partial charge is 0.272 e. The minimum absolute atomic E-state index is 0.181. The van der Waals surface area contributed by atoms with E-state index in [9.17, 15) is 9.18 Å². The van der Waals surface area contributed by atoms with Gasteiger partial charge in [0.2, 0.25) is 0 Å². The third-order valence-corrected chi connectivity index (χ3v) is 4.71. The number of H-pyrrole nitrogens is 1. The maximum absolute atomic E-state index is 13.4. The summed E-state index contributed by atoms with van der Waals surface area (Å²) >= 11 is 0. The van der Waals surface area contributed by atoms with E-state index in [2.05, 4.69) is 20.4 Å². The molecule has 110 valence electrons. The third kappa shape index (κ3) is 2.19. The van der Waals surface area contributed by atoms with E-state index in [1.165, 1.54) is 12.1 Å². The van der Waals surface area contributed by atoms with Gasteiger partial charge < -0.3 is 10.2 Å². The van der Waals surface area contributed by atoms with Crippen molar-refractivity contribution in [1.82, 2.24) is 20.4 Å². The second kappa shape index (κ2) is 4.80. The molecule has 5 nitrogen and oxygen atoms in total. The van der Waals surface area contributed by atoms with Crippen LogP contribution >= 0.6 is 0 Å². The summed E-state index contributed by atoms with van der Waals surface area (Å²) in [7, 11) is 0. The monoisotopic (exact) mass is 288 g/mol. The molecular formula is C15H17FN4O. The standard InChI is InChI=1S/C15H17FN4O/c16-10-1-2-12-11(7-10)14(19-18-12)15(21)17-13-8-20-5-3-9(13)4-6-20/h1-2,7,9,13H,3-6,8H2,(H,17,21)(H,18,19). The molecule has 2 aromatic rings. The van der Waals surface area contributed by atoms with E-state index in [1.54, 1.807) is 6.07 Å². The fourth-order valence-electron chi connectivity index (χ4n) is 3.52. The topological polar surface area (TPSA) is 61.0 Å². The summed E-state index contributed by atoms with van der Waals surface area (Å²) < 4.78 is 13.4. The van der Waals surface area contributed by atoms with Crippen LogP contribution in [0.1, 0.15) is 23.3 Å². The van der Waals surface area contributed by atoms with Gasteiger partial charge in [-0.3, -0.25) is 9.89 Å². The number of rotatable bonds is 2. The highest BCUT2D eigenvalue weighted by Gasteiger charge is 2.35. The minimum Gasteiger partial charge on any atom is -0.346 e. The van der Waals surface area contributed by atoms with Gasteiger partial charge in [0, 0.05) is 18.0 Å². The lowest BCUT2D eigenvalue weighted by atomic mass is 9.84. The molecule has 0 saturated carbocycles. The molecule has 6 heteroatoms. The van der Waals surface area contributed by atoms with Crippen molar-refractivity contribution in [3.05, 3.63) is 29.7 Å². The van der Waals surface area contributed by atoms with E-state index in [-0.39, 0.29) is 23.5 Å². The predicted molar refractivity (Wildman–Crippen MR) is 76.5 cm³/mol. The van der Waals surface area contributed by atoms with Crippen molar-refractivity contribution in [2.75, 3.05) is 19.6 Å². The summed E-state index contributed by atoms with van der Waals surface area (Å²) in [6, 6.07) is 4.49. The van der Waals surface area contributed by atoms with Gasteiger partial charge in [0.1, 0.15) is 5.82 Å². The Kier molecular flexibility index (Phi) is 2.92. The number of carbonyl (C=O) groups excluding carboxylic acids is 1. The van der Waals surface area contributed by atoms with Crippen molar-refractivity contribution >= 4 is 16.8 Å². The average molecular weight is 288 g/mol. The Balaban J connectivity index is 1.57. The average Bonchev–Trinajstić information content (AvgIpc) is 2.91. The van der Waals surface area contributed by atoms with Crippen LogP contribution in [0.4, 0.5) is 4.39 Å². The van der Waals surface area contributed by atoms with Gasteiger partial charge in [-0.2, -0.15) is 5.10 Å². The Labute approximate surface area is 121 Å². The first kappa shape index (κ1) is 12.8. The molecule has 1 aromatic carbocycles. The summed E-state index contributed by atoms with van der Waals surface area (Å²) in [4.78, 5) is 14.8.